The molecular weight excluding hydrogens is 344 g/mol. The third kappa shape index (κ3) is 4.64. The molecule has 0 aliphatic heterocycles. The largest absolute Gasteiger partial charge is 0.416 e. The van der Waals surface area contributed by atoms with Crippen LogP contribution < -0.4 is 5.32 Å². The average Bonchev–Trinajstić information content (AvgIpc) is 2.35. The monoisotopic (exact) mass is 354 g/mol. The molecule has 1 N–H and O–H groups in total. The number of rotatable bonds is 4. The Balaban J connectivity index is 3.37. The Morgan fingerprint density at radius 3 is 2.32 bits per heavy atom. The molecule has 0 saturated carbocycles. The van der Waals surface area contributed by atoms with E-state index in [1.807, 2.05) is 0 Å². The van der Waals surface area contributed by atoms with E-state index >= 15 is 0 Å². The van der Waals surface area contributed by atoms with Gasteiger partial charge in [-0.3, -0.25) is 0 Å². The van der Waals surface area contributed by atoms with E-state index in [1.165, 1.54) is 12.3 Å². The first-order valence-electron chi connectivity index (χ1n) is 5.52. The third-order valence-electron chi connectivity index (χ3n) is 2.37. The minimum absolute atomic E-state index is 0.191. The van der Waals surface area contributed by atoms with Crippen molar-refractivity contribution < 1.29 is 26.0 Å². The van der Waals surface area contributed by atoms with Gasteiger partial charge >= 0.3 is 6.18 Å². The molecule has 10 heteroatoms. The molecule has 0 aromatic heterocycles. The highest BCUT2D eigenvalue weighted by atomic mass is 32.2. The number of anilines is 1. The Morgan fingerprint density at radius 2 is 1.91 bits per heavy atom. The Hall–Kier alpha value is -1.73. The molecule has 0 unspecified atom stereocenters. The average molecular weight is 354 g/mol. The minimum Gasteiger partial charge on any atom is -0.348 e. The van der Waals surface area contributed by atoms with Crippen molar-refractivity contribution in [3.05, 3.63) is 39.5 Å². The summed E-state index contributed by atoms with van der Waals surface area (Å²) in [5.41, 5.74) is -1.54. The second-order valence-corrected chi connectivity index (χ2v) is 6.87. The fraction of sp³-hybridized carbons (Fsp3) is 0.250. The lowest BCUT2D eigenvalue weighted by atomic mass is 10.2. The Morgan fingerprint density at radius 1 is 1.32 bits per heavy atom. The summed E-state index contributed by atoms with van der Waals surface area (Å²) in [6.07, 6.45) is -2.54. The number of nitriles is 1. The summed E-state index contributed by atoms with van der Waals surface area (Å²) in [6, 6.07) is 3.17. The van der Waals surface area contributed by atoms with E-state index in [2.05, 4.69) is 5.32 Å². The molecule has 0 bridgehead atoms. The van der Waals surface area contributed by atoms with Crippen molar-refractivity contribution in [2.24, 2.45) is 0 Å². The highest BCUT2D eigenvalue weighted by molar-refractivity contribution is 8.04. The highest BCUT2D eigenvalue weighted by Gasteiger charge is 2.31. The summed E-state index contributed by atoms with van der Waals surface area (Å²) in [4.78, 5) is -0.641. The van der Waals surface area contributed by atoms with Crippen LogP contribution >= 0.6 is 11.8 Å². The maximum Gasteiger partial charge on any atom is 0.416 e. The summed E-state index contributed by atoms with van der Waals surface area (Å²) < 4.78 is 74.1. The number of hydrogen-bond acceptors (Lipinski definition) is 5. The number of benzene rings is 1. The van der Waals surface area contributed by atoms with Gasteiger partial charge in [0.25, 0.3) is 0 Å². The SMILES string of the molecule is CSC(Nc1cc(F)cc(C(F)(F)F)c1)=C(C#N)S(C)(=O)=O. The Kier molecular flexibility index (Phi) is 5.48. The second-order valence-electron chi connectivity index (χ2n) is 4.10. The molecule has 0 radical (unpaired) electrons. The zero-order valence-electron chi connectivity index (χ0n) is 11.3. The van der Waals surface area contributed by atoms with Crippen LogP contribution in [0.4, 0.5) is 23.2 Å². The van der Waals surface area contributed by atoms with E-state index in [-0.39, 0.29) is 10.7 Å². The lowest BCUT2D eigenvalue weighted by molar-refractivity contribution is -0.137. The number of nitrogens with one attached hydrogen (secondary N) is 1. The lowest BCUT2D eigenvalue weighted by Gasteiger charge is -2.13. The van der Waals surface area contributed by atoms with Crippen LogP contribution in [-0.2, 0) is 16.0 Å². The molecule has 1 aromatic rings. The smallest absolute Gasteiger partial charge is 0.348 e. The van der Waals surface area contributed by atoms with Gasteiger partial charge in [0.1, 0.15) is 16.9 Å². The van der Waals surface area contributed by atoms with Crippen molar-refractivity contribution >= 4 is 27.3 Å². The van der Waals surface area contributed by atoms with Gasteiger partial charge in [-0.05, 0) is 24.5 Å². The topological polar surface area (TPSA) is 70.0 Å². The number of nitrogens with zero attached hydrogens (tertiary/aromatic N) is 1. The van der Waals surface area contributed by atoms with E-state index in [0.717, 1.165) is 24.1 Å². The van der Waals surface area contributed by atoms with Gasteiger partial charge in [0.15, 0.2) is 14.7 Å². The maximum atomic E-state index is 13.3. The van der Waals surface area contributed by atoms with E-state index in [9.17, 15) is 26.0 Å². The molecule has 0 aliphatic carbocycles. The van der Waals surface area contributed by atoms with Gasteiger partial charge in [0.2, 0.25) is 0 Å². The van der Waals surface area contributed by atoms with Crippen LogP contribution in [-0.4, -0.2) is 20.9 Å². The van der Waals surface area contributed by atoms with Crippen LogP contribution in [0.1, 0.15) is 5.56 Å². The van der Waals surface area contributed by atoms with Gasteiger partial charge in [-0.2, -0.15) is 18.4 Å². The van der Waals surface area contributed by atoms with Gasteiger partial charge in [-0.1, -0.05) is 0 Å². The van der Waals surface area contributed by atoms with Crippen LogP contribution in [0.5, 0.6) is 0 Å². The summed E-state index contributed by atoms with van der Waals surface area (Å²) in [7, 11) is -3.88. The molecule has 0 heterocycles. The molecular formula is C12H10F4N2O2S2. The summed E-state index contributed by atoms with van der Waals surface area (Å²) in [6.45, 7) is 0. The predicted octanol–water partition coefficient (Wildman–Crippen LogP) is 3.36. The molecule has 22 heavy (non-hydrogen) atoms. The molecule has 0 amide bonds. The summed E-state index contributed by atoms with van der Waals surface area (Å²) in [5.74, 6) is -1.14. The van der Waals surface area contributed by atoms with Crippen molar-refractivity contribution in [2.45, 2.75) is 6.18 Å². The quantitative estimate of drug-likeness (QED) is 0.663. The first-order chi connectivity index (χ1) is 9.98. The van der Waals surface area contributed by atoms with Crippen LogP contribution in [0.3, 0.4) is 0 Å². The molecule has 0 aliphatic rings. The van der Waals surface area contributed by atoms with E-state index in [1.54, 1.807) is 0 Å². The van der Waals surface area contributed by atoms with Gasteiger partial charge in [-0.25, -0.2) is 12.8 Å². The predicted molar refractivity (Wildman–Crippen MR) is 76.0 cm³/mol. The van der Waals surface area contributed by atoms with Crippen molar-refractivity contribution in [1.82, 2.24) is 0 Å². The molecule has 0 spiro atoms. The van der Waals surface area contributed by atoms with Gasteiger partial charge in [0, 0.05) is 11.9 Å². The zero-order chi connectivity index (χ0) is 17.1. The van der Waals surface area contributed by atoms with E-state index in [4.69, 9.17) is 5.26 Å². The zero-order valence-corrected chi connectivity index (χ0v) is 13.0. The van der Waals surface area contributed by atoms with Crippen LogP contribution in [0.2, 0.25) is 0 Å². The highest BCUT2D eigenvalue weighted by Crippen LogP contribution is 2.33. The minimum atomic E-state index is -4.75. The van der Waals surface area contributed by atoms with Crippen molar-refractivity contribution in [1.29, 1.82) is 5.26 Å². The second kappa shape index (κ2) is 6.58. The van der Waals surface area contributed by atoms with E-state index < -0.39 is 32.3 Å². The van der Waals surface area contributed by atoms with E-state index in [0.29, 0.717) is 12.1 Å². The normalized spacial score (nSPS) is 13.3. The lowest BCUT2D eigenvalue weighted by Crippen LogP contribution is -2.10. The van der Waals surface area contributed by atoms with Gasteiger partial charge in [0.05, 0.1) is 5.56 Å². The van der Waals surface area contributed by atoms with Crippen LogP contribution in [0.25, 0.3) is 0 Å². The fourth-order valence-corrected chi connectivity index (χ4v) is 3.17. The molecule has 1 aromatic carbocycles. The molecule has 0 fully saturated rings. The summed E-state index contributed by atoms with van der Waals surface area (Å²) >= 11 is 0.807. The number of allylic oxidation sites excluding steroid dienone is 1. The van der Waals surface area contributed by atoms with Crippen molar-refractivity contribution in [3.63, 3.8) is 0 Å². The molecule has 0 atom stereocenters. The molecule has 0 saturated heterocycles. The Labute approximate surface area is 128 Å². The molecule has 1 rings (SSSR count). The maximum absolute atomic E-state index is 13.3. The van der Waals surface area contributed by atoms with Crippen molar-refractivity contribution in [2.75, 3.05) is 17.8 Å². The van der Waals surface area contributed by atoms with Crippen LogP contribution in [0.15, 0.2) is 28.1 Å². The Bertz CT molecular complexity index is 749. The third-order valence-corrected chi connectivity index (χ3v) is 4.25. The standard InChI is InChI=1S/C12H10F4N2O2S2/c1-21-11(10(6-17)22(2,19)20)18-9-4-7(12(14,15)16)3-8(13)5-9/h3-5,18H,1-2H3. The van der Waals surface area contributed by atoms with Crippen LogP contribution in [0, 0.1) is 17.1 Å². The first-order valence-corrected chi connectivity index (χ1v) is 8.64. The first kappa shape index (κ1) is 18.3. The number of hydrogen-bond donors (Lipinski definition) is 1. The summed E-state index contributed by atoms with van der Waals surface area (Å²) in [5, 5.41) is 11.0. The molecule has 120 valence electrons. The number of halogens is 4. The molecule has 4 nitrogen and oxygen atoms in total. The number of sulfone groups is 1. The van der Waals surface area contributed by atoms with Crippen molar-refractivity contribution in [3.8, 4) is 6.07 Å². The van der Waals surface area contributed by atoms with Gasteiger partial charge < -0.3 is 5.32 Å². The fourth-order valence-electron chi connectivity index (χ4n) is 1.46. The van der Waals surface area contributed by atoms with Gasteiger partial charge in [-0.15, -0.1) is 11.8 Å². The number of thioether (sulfide) groups is 1. The number of alkyl halides is 3.